The third kappa shape index (κ3) is 4.61. The van der Waals surface area contributed by atoms with E-state index in [0.29, 0.717) is 4.57 Å². The number of H-pyrrole nitrogens is 1. The monoisotopic (exact) mass is 397 g/mol. The van der Waals surface area contributed by atoms with Crippen molar-refractivity contribution in [2.45, 2.75) is 30.8 Å². The average Bonchev–Trinajstić information content (AvgIpc) is 2.87. The largest absolute Gasteiger partial charge is 0.471 e. The molecule has 1 aromatic rings. The second kappa shape index (κ2) is 8.02. The van der Waals surface area contributed by atoms with Gasteiger partial charge in [0.15, 0.2) is 12.4 Å². The molecule has 0 aliphatic carbocycles. The first kappa shape index (κ1) is 20.8. The van der Waals surface area contributed by atoms with Gasteiger partial charge in [-0.15, -0.1) is 0 Å². The van der Waals surface area contributed by atoms with Gasteiger partial charge >= 0.3 is 17.8 Å². The fourth-order valence-electron chi connectivity index (χ4n) is 2.32. The van der Waals surface area contributed by atoms with Gasteiger partial charge in [-0.25, -0.2) is 9.18 Å². The molecule has 1 aliphatic heterocycles. The van der Waals surface area contributed by atoms with E-state index >= 15 is 0 Å². The maximum Gasteiger partial charge on any atom is 0.471 e. The normalized spacial score (nSPS) is 25.9. The summed E-state index contributed by atoms with van der Waals surface area (Å²) in [7, 11) is 0. The maximum atomic E-state index is 14.1. The van der Waals surface area contributed by atoms with Crippen LogP contribution >= 0.6 is 0 Å². The number of aliphatic hydroxyl groups excluding tert-OH is 2. The quantitative estimate of drug-likeness (QED) is 0.462. The zero-order chi connectivity index (χ0) is 20.4. The van der Waals surface area contributed by atoms with Crippen LogP contribution in [0.15, 0.2) is 21.9 Å². The van der Waals surface area contributed by atoms with Gasteiger partial charge in [0.25, 0.3) is 5.56 Å². The van der Waals surface area contributed by atoms with Crippen LogP contribution in [0.5, 0.6) is 0 Å². The number of rotatable bonds is 5. The summed E-state index contributed by atoms with van der Waals surface area (Å²) in [4.78, 5) is 36.1. The summed E-state index contributed by atoms with van der Waals surface area (Å²) < 4.78 is 55.9. The number of halogens is 4. The second-order valence-electron chi connectivity index (χ2n) is 5.54. The SMILES string of the molecule is O=C(NCC=Cc1cn([C@@H]2O[C@H](CO)C(O)[C@@H]2F)c(=O)[nH]c1=O)C(F)(F)F. The third-order valence-corrected chi connectivity index (χ3v) is 3.68. The lowest BCUT2D eigenvalue weighted by atomic mass is 10.1. The van der Waals surface area contributed by atoms with Crippen molar-refractivity contribution in [1.82, 2.24) is 14.9 Å². The molecule has 1 saturated heterocycles. The minimum Gasteiger partial charge on any atom is -0.394 e. The summed E-state index contributed by atoms with van der Waals surface area (Å²) in [6, 6.07) is 0. The Morgan fingerprint density at radius 1 is 1.41 bits per heavy atom. The molecule has 1 fully saturated rings. The van der Waals surface area contributed by atoms with Crippen molar-refractivity contribution in [2.75, 3.05) is 13.2 Å². The van der Waals surface area contributed by atoms with Crippen LogP contribution in [0.1, 0.15) is 11.8 Å². The van der Waals surface area contributed by atoms with E-state index in [1.807, 2.05) is 4.98 Å². The van der Waals surface area contributed by atoms with Crippen LogP contribution in [-0.2, 0) is 9.53 Å². The number of carbonyl (C=O) groups is 1. The summed E-state index contributed by atoms with van der Waals surface area (Å²) in [6.45, 7) is -1.27. The lowest BCUT2D eigenvalue weighted by molar-refractivity contribution is -0.173. The fraction of sp³-hybridized carbons (Fsp3) is 0.500. The van der Waals surface area contributed by atoms with Crippen molar-refractivity contribution in [1.29, 1.82) is 0 Å². The molecule has 1 aliphatic rings. The van der Waals surface area contributed by atoms with E-state index in [4.69, 9.17) is 9.84 Å². The second-order valence-corrected chi connectivity index (χ2v) is 5.54. The molecule has 2 heterocycles. The van der Waals surface area contributed by atoms with Gasteiger partial charge in [-0.05, 0) is 0 Å². The number of nitrogens with zero attached hydrogens (tertiary/aromatic N) is 1. The molecule has 0 bridgehead atoms. The minimum absolute atomic E-state index is 0.242. The number of aromatic amines is 1. The Morgan fingerprint density at radius 2 is 2.07 bits per heavy atom. The topological polar surface area (TPSA) is 134 Å². The molecule has 1 aromatic heterocycles. The first-order valence-electron chi connectivity index (χ1n) is 7.51. The van der Waals surface area contributed by atoms with E-state index in [1.165, 1.54) is 0 Å². The molecule has 150 valence electrons. The predicted octanol–water partition coefficient (Wildman–Crippen LogP) is -1.18. The van der Waals surface area contributed by atoms with Crippen LogP contribution in [0, 0.1) is 0 Å². The van der Waals surface area contributed by atoms with Gasteiger partial charge in [0.05, 0.1) is 12.2 Å². The van der Waals surface area contributed by atoms with Crippen molar-refractivity contribution >= 4 is 12.0 Å². The Morgan fingerprint density at radius 3 is 2.63 bits per heavy atom. The van der Waals surface area contributed by atoms with Crippen molar-refractivity contribution in [3.05, 3.63) is 38.7 Å². The number of alkyl halides is 4. The minimum atomic E-state index is -5.06. The molecule has 27 heavy (non-hydrogen) atoms. The number of carbonyl (C=O) groups excluding carboxylic acids is 1. The maximum absolute atomic E-state index is 14.1. The smallest absolute Gasteiger partial charge is 0.394 e. The molecule has 9 nitrogen and oxygen atoms in total. The van der Waals surface area contributed by atoms with Gasteiger partial charge in [0, 0.05) is 12.7 Å². The predicted molar refractivity (Wildman–Crippen MR) is 81.3 cm³/mol. The zero-order valence-electron chi connectivity index (χ0n) is 13.4. The Labute approximate surface area is 147 Å². The van der Waals surface area contributed by atoms with Gasteiger partial charge < -0.3 is 20.3 Å². The number of nitrogens with one attached hydrogen (secondary N) is 2. The van der Waals surface area contributed by atoms with Crippen LogP contribution in [0.2, 0.25) is 0 Å². The molecule has 4 atom stereocenters. The first-order valence-corrected chi connectivity index (χ1v) is 7.51. The highest BCUT2D eigenvalue weighted by Gasteiger charge is 2.45. The molecule has 1 amide bonds. The van der Waals surface area contributed by atoms with E-state index in [0.717, 1.165) is 18.3 Å². The van der Waals surface area contributed by atoms with E-state index in [9.17, 15) is 37.1 Å². The summed E-state index contributed by atoms with van der Waals surface area (Å²) in [5.74, 6) is -2.17. The average molecular weight is 397 g/mol. The first-order chi connectivity index (χ1) is 12.6. The Kier molecular flexibility index (Phi) is 6.18. The van der Waals surface area contributed by atoms with Gasteiger partial charge in [-0.2, -0.15) is 13.2 Å². The van der Waals surface area contributed by atoms with Crippen LogP contribution in [-0.4, -0.2) is 63.4 Å². The summed E-state index contributed by atoms with van der Waals surface area (Å²) in [5.41, 5.74) is -2.21. The molecule has 1 unspecified atom stereocenters. The summed E-state index contributed by atoms with van der Waals surface area (Å²) in [6.07, 6.45) is -8.83. The molecule has 2 rings (SSSR count). The zero-order valence-corrected chi connectivity index (χ0v) is 13.4. The van der Waals surface area contributed by atoms with Gasteiger partial charge in [-0.3, -0.25) is 19.1 Å². The van der Waals surface area contributed by atoms with E-state index in [1.54, 1.807) is 5.32 Å². The number of aliphatic hydroxyl groups is 2. The van der Waals surface area contributed by atoms with Gasteiger partial charge in [0.1, 0.15) is 12.2 Å². The van der Waals surface area contributed by atoms with Crippen LogP contribution in [0.3, 0.4) is 0 Å². The molecule has 0 aromatic carbocycles. The lowest BCUT2D eigenvalue weighted by Gasteiger charge is -2.16. The Bertz CT molecular complexity index is 833. The number of hydrogen-bond donors (Lipinski definition) is 4. The molecule has 0 saturated carbocycles. The third-order valence-electron chi connectivity index (χ3n) is 3.68. The summed E-state index contributed by atoms with van der Waals surface area (Å²) >= 11 is 0. The van der Waals surface area contributed by atoms with Crippen molar-refractivity contribution in [3.63, 3.8) is 0 Å². The lowest BCUT2D eigenvalue weighted by Crippen LogP contribution is -2.37. The fourth-order valence-corrected chi connectivity index (χ4v) is 2.32. The molecular formula is C14H15F4N3O6. The molecule has 0 radical (unpaired) electrons. The highest BCUT2D eigenvalue weighted by atomic mass is 19.4. The van der Waals surface area contributed by atoms with E-state index < -0.39 is 61.1 Å². The van der Waals surface area contributed by atoms with E-state index in [-0.39, 0.29) is 5.56 Å². The van der Waals surface area contributed by atoms with Crippen LogP contribution in [0.25, 0.3) is 6.08 Å². The van der Waals surface area contributed by atoms with Crippen molar-refractivity contribution < 1.29 is 37.3 Å². The van der Waals surface area contributed by atoms with Crippen LogP contribution in [0.4, 0.5) is 17.6 Å². The van der Waals surface area contributed by atoms with Gasteiger partial charge in [0.2, 0.25) is 0 Å². The summed E-state index contributed by atoms with van der Waals surface area (Å²) in [5, 5.41) is 20.2. The van der Waals surface area contributed by atoms with E-state index in [2.05, 4.69) is 0 Å². The van der Waals surface area contributed by atoms with Crippen LogP contribution < -0.4 is 16.6 Å². The standard InChI is InChI=1S/C14H15F4N3O6/c15-8-9(23)7(5-22)27-11(8)21-4-6(10(24)20-13(21)26)2-1-3-19-12(25)14(16,17)18/h1-2,4,7-9,11,22-23H,3,5H2,(H,19,25)(H,20,24,26)/t7-,8+,9?,11-/m1/s1. The van der Waals surface area contributed by atoms with Crippen molar-refractivity contribution in [2.24, 2.45) is 0 Å². The molecule has 13 heteroatoms. The highest BCUT2D eigenvalue weighted by Crippen LogP contribution is 2.30. The number of ether oxygens (including phenoxy) is 1. The Hall–Kier alpha value is -2.51. The Balaban J connectivity index is 2.19. The molecular weight excluding hydrogens is 382 g/mol. The molecule has 0 spiro atoms. The van der Waals surface area contributed by atoms with Crippen molar-refractivity contribution in [3.8, 4) is 0 Å². The number of aromatic nitrogens is 2. The highest BCUT2D eigenvalue weighted by molar-refractivity contribution is 5.81. The number of hydrogen-bond acceptors (Lipinski definition) is 6. The van der Waals surface area contributed by atoms with Gasteiger partial charge in [-0.1, -0.05) is 12.2 Å². The molecule has 4 N–H and O–H groups in total. The number of amides is 1.